The first-order valence-electron chi connectivity index (χ1n) is 12.5. The van der Waals surface area contributed by atoms with Crippen LogP contribution in [0.5, 0.6) is 0 Å². The number of rotatable bonds is 12. The van der Waals surface area contributed by atoms with E-state index in [1.54, 1.807) is 45.0 Å². The number of esters is 1. The Labute approximate surface area is 223 Å². The van der Waals surface area contributed by atoms with Crippen LogP contribution >= 0.6 is 0 Å². The van der Waals surface area contributed by atoms with Crippen LogP contribution in [0.2, 0.25) is 0 Å². The smallest absolute Gasteiger partial charge is 0.408 e. The molecular weight excluding hydrogens is 490 g/mol. The summed E-state index contributed by atoms with van der Waals surface area (Å²) in [6, 6.07) is 15.4. The van der Waals surface area contributed by atoms with Crippen molar-refractivity contribution in [1.82, 2.24) is 16.0 Å². The van der Waals surface area contributed by atoms with Gasteiger partial charge in [0, 0.05) is 13.1 Å². The topological polar surface area (TPSA) is 132 Å². The molecule has 0 spiro atoms. The first kappa shape index (κ1) is 30.1. The molecule has 0 aliphatic rings. The Balaban J connectivity index is 1.82. The molecule has 2 aromatic rings. The van der Waals surface area contributed by atoms with Gasteiger partial charge in [-0.25, -0.2) is 14.4 Å². The number of nitrogens with one attached hydrogen (secondary N) is 3. The maximum absolute atomic E-state index is 12.8. The highest BCUT2D eigenvalue weighted by Crippen LogP contribution is 2.09. The normalized spacial score (nSPS) is 11.6. The molecule has 0 aromatic heterocycles. The fraction of sp³-hybridized carbons (Fsp3) is 0.429. The fourth-order valence-electron chi connectivity index (χ4n) is 3.37. The Morgan fingerprint density at radius 1 is 0.842 bits per heavy atom. The maximum Gasteiger partial charge on any atom is 0.408 e. The summed E-state index contributed by atoms with van der Waals surface area (Å²) in [7, 11) is 1.32. The van der Waals surface area contributed by atoms with Crippen LogP contribution in [0, 0.1) is 0 Å². The molecule has 2 aromatic carbocycles. The standard InChI is InChI=1S/C28H37N3O7/c1-28(2,3)38-27(35)31-23(11-8-17-30-26(34)37-19-21-9-6-5-7-10-21)24(32)29-18-16-20-12-14-22(15-13-20)25(33)36-4/h5-7,9-10,12-15,23H,8,11,16-19H2,1-4H3,(H,29,32)(H,30,34)(H,31,35)/t23-/m0/s1. The van der Waals surface area contributed by atoms with E-state index in [9.17, 15) is 19.2 Å². The number of alkyl carbamates (subject to hydrolysis) is 2. The van der Waals surface area contributed by atoms with E-state index in [0.29, 0.717) is 24.9 Å². The van der Waals surface area contributed by atoms with Crippen LogP contribution in [-0.4, -0.2) is 55.9 Å². The Morgan fingerprint density at radius 2 is 1.53 bits per heavy atom. The molecule has 0 fully saturated rings. The highest BCUT2D eigenvalue weighted by molar-refractivity contribution is 5.89. The zero-order valence-corrected chi connectivity index (χ0v) is 22.4. The number of carbonyl (C=O) groups is 4. The van der Waals surface area contributed by atoms with E-state index < -0.39 is 29.8 Å². The summed E-state index contributed by atoms with van der Waals surface area (Å²) < 4.78 is 15.2. The molecule has 3 amide bonds. The maximum atomic E-state index is 12.8. The number of carbonyl (C=O) groups excluding carboxylic acids is 4. The molecule has 2 rings (SSSR count). The quantitative estimate of drug-likeness (QED) is 0.218. The SMILES string of the molecule is COC(=O)c1ccc(CCNC(=O)[C@H](CCCNC(=O)OCc2ccccc2)NC(=O)OC(C)(C)C)cc1. The van der Waals surface area contributed by atoms with Gasteiger partial charge in [0.25, 0.3) is 0 Å². The first-order valence-corrected chi connectivity index (χ1v) is 12.5. The summed E-state index contributed by atoms with van der Waals surface area (Å²) in [4.78, 5) is 48.7. The zero-order valence-electron chi connectivity index (χ0n) is 22.4. The summed E-state index contributed by atoms with van der Waals surface area (Å²) in [5.74, 6) is -0.784. The predicted molar refractivity (Wildman–Crippen MR) is 142 cm³/mol. The minimum absolute atomic E-state index is 0.156. The minimum Gasteiger partial charge on any atom is -0.465 e. The Kier molecular flexibility index (Phi) is 12.1. The van der Waals surface area contributed by atoms with E-state index in [4.69, 9.17) is 9.47 Å². The monoisotopic (exact) mass is 527 g/mol. The van der Waals surface area contributed by atoms with Crippen LogP contribution in [0.1, 0.15) is 55.1 Å². The van der Waals surface area contributed by atoms with Gasteiger partial charge in [0.1, 0.15) is 18.2 Å². The first-order chi connectivity index (χ1) is 18.1. The van der Waals surface area contributed by atoms with Gasteiger partial charge in [0.2, 0.25) is 5.91 Å². The van der Waals surface area contributed by atoms with Gasteiger partial charge in [-0.15, -0.1) is 0 Å². The second kappa shape index (κ2) is 15.2. The zero-order chi connectivity index (χ0) is 28.0. The van der Waals surface area contributed by atoms with Crippen LogP contribution in [0.4, 0.5) is 9.59 Å². The van der Waals surface area contributed by atoms with E-state index in [2.05, 4.69) is 20.7 Å². The number of methoxy groups -OCH3 is 1. The van der Waals surface area contributed by atoms with Crippen molar-refractivity contribution in [2.75, 3.05) is 20.2 Å². The van der Waals surface area contributed by atoms with Crippen LogP contribution in [0.15, 0.2) is 54.6 Å². The van der Waals surface area contributed by atoms with Crippen molar-refractivity contribution >= 4 is 24.1 Å². The van der Waals surface area contributed by atoms with E-state index in [1.165, 1.54) is 7.11 Å². The van der Waals surface area contributed by atoms with E-state index >= 15 is 0 Å². The molecule has 0 radical (unpaired) electrons. The van der Waals surface area contributed by atoms with Crippen LogP contribution < -0.4 is 16.0 Å². The average molecular weight is 528 g/mol. The van der Waals surface area contributed by atoms with Gasteiger partial charge < -0.3 is 30.2 Å². The fourth-order valence-corrected chi connectivity index (χ4v) is 3.37. The van der Waals surface area contributed by atoms with Crippen LogP contribution in [0.25, 0.3) is 0 Å². The van der Waals surface area contributed by atoms with Gasteiger partial charge in [-0.2, -0.15) is 0 Å². The molecule has 0 bridgehead atoms. The highest BCUT2D eigenvalue weighted by Gasteiger charge is 2.24. The molecule has 0 unspecified atom stereocenters. The third-order valence-electron chi connectivity index (χ3n) is 5.25. The van der Waals surface area contributed by atoms with Crippen molar-refractivity contribution in [3.8, 4) is 0 Å². The Bertz CT molecular complexity index is 1050. The minimum atomic E-state index is -0.853. The molecule has 0 aliphatic heterocycles. The largest absolute Gasteiger partial charge is 0.465 e. The molecule has 3 N–H and O–H groups in total. The van der Waals surface area contributed by atoms with Gasteiger partial charge >= 0.3 is 18.2 Å². The van der Waals surface area contributed by atoms with Crippen molar-refractivity contribution in [1.29, 1.82) is 0 Å². The van der Waals surface area contributed by atoms with E-state index in [0.717, 1.165) is 11.1 Å². The lowest BCUT2D eigenvalue weighted by Gasteiger charge is -2.23. The van der Waals surface area contributed by atoms with Crippen molar-refractivity contribution in [2.45, 2.75) is 58.3 Å². The van der Waals surface area contributed by atoms with E-state index in [-0.39, 0.29) is 25.5 Å². The Hall–Kier alpha value is -4.08. The third-order valence-corrected chi connectivity index (χ3v) is 5.25. The summed E-state index contributed by atoms with van der Waals surface area (Å²) in [5, 5.41) is 8.09. The van der Waals surface area contributed by atoms with Gasteiger partial charge in [0.15, 0.2) is 0 Å². The summed E-state index contributed by atoms with van der Waals surface area (Å²) in [5.41, 5.74) is 1.53. The van der Waals surface area contributed by atoms with Crippen LogP contribution in [0.3, 0.4) is 0 Å². The lowest BCUT2D eigenvalue weighted by Crippen LogP contribution is -2.48. The van der Waals surface area contributed by atoms with Crippen molar-refractivity contribution in [3.63, 3.8) is 0 Å². The second-order valence-corrected chi connectivity index (χ2v) is 9.56. The molecule has 0 saturated carbocycles. The number of ether oxygens (including phenoxy) is 3. The molecule has 10 nitrogen and oxygen atoms in total. The molecule has 0 aliphatic carbocycles. The molecule has 0 heterocycles. The van der Waals surface area contributed by atoms with Gasteiger partial charge in [-0.3, -0.25) is 4.79 Å². The van der Waals surface area contributed by atoms with Crippen molar-refractivity contribution in [3.05, 3.63) is 71.3 Å². The number of amides is 3. The van der Waals surface area contributed by atoms with Crippen molar-refractivity contribution < 1.29 is 33.4 Å². The predicted octanol–water partition coefficient (Wildman–Crippen LogP) is 3.73. The summed E-state index contributed by atoms with van der Waals surface area (Å²) >= 11 is 0. The second-order valence-electron chi connectivity index (χ2n) is 9.56. The molecule has 38 heavy (non-hydrogen) atoms. The molecule has 1 atom stereocenters. The van der Waals surface area contributed by atoms with Crippen LogP contribution in [-0.2, 0) is 32.0 Å². The lowest BCUT2D eigenvalue weighted by atomic mass is 10.1. The number of hydrogen-bond acceptors (Lipinski definition) is 7. The number of hydrogen-bond donors (Lipinski definition) is 3. The number of benzene rings is 2. The lowest BCUT2D eigenvalue weighted by molar-refractivity contribution is -0.123. The average Bonchev–Trinajstić information content (AvgIpc) is 2.88. The van der Waals surface area contributed by atoms with Gasteiger partial charge in [0.05, 0.1) is 12.7 Å². The van der Waals surface area contributed by atoms with E-state index in [1.807, 2.05) is 30.3 Å². The summed E-state index contributed by atoms with van der Waals surface area (Å²) in [6.07, 6.45) is -0.0399. The Morgan fingerprint density at radius 3 is 2.16 bits per heavy atom. The molecular formula is C28H37N3O7. The molecule has 10 heteroatoms. The van der Waals surface area contributed by atoms with Crippen molar-refractivity contribution in [2.24, 2.45) is 0 Å². The van der Waals surface area contributed by atoms with Gasteiger partial charge in [-0.1, -0.05) is 42.5 Å². The molecule has 0 saturated heterocycles. The summed E-state index contributed by atoms with van der Waals surface area (Å²) in [6.45, 7) is 5.95. The highest BCUT2D eigenvalue weighted by atomic mass is 16.6. The third kappa shape index (κ3) is 11.8. The molecule has 206 valence electrons. The van der Waals surface area contributed by atoms with Gasteiger partial charge in [-0.05, 0) is 63.3 Å².